The summed E-state index contributed by atoms with van der Waals surface area (Å²) < 4.78 is 0. The summed E-state index contributed by atoms with van der Waals surface area (Å²) in [7, 11) is 2.02. The van der Waals surface area contributed by atoms with Gasteiger partial charge in [-0.1, -0.05) is 18.2 Å². The summed E-state index contributed by atoms with van der Waals surface area (Å²) in [6.45, 7) is 4.36. The van der Waals surface area contributed by atoms with Crippen LogP contribution in [-0.2, 0) is 0 Å². The van der Waals surface area contributed by atoms with Crippen LogP contribution in [0.5, 0.6) is 0 Å². The lowest BCUT2D eigenvalue weighted by atomic mass is 9.94. The third-order valence-electron chi connectivity index (χ3n) is 3.12. The van der Waals surface area contributed by atoms with Gasteiger partial charge in [0.25, 0.3) is 0 Å². The van der Waals surface area contributed by atoms with Crippen molar-refractivity contribution in [2.45, 2.75) is 19.9 Å². The van der Waals surface area contributed by atoms with Gasteiger partial charge in [0, 0.05) is 0 Å². The van der Waals surface area contributed by atoms with E-state index in [-0.39, 0.29) is 0 Å². The molecule has 0 spiro atoms. The van der Waals surface area contributed by atoms with Crippen LogP contribution in [0.25, 0.3) is 0 Å². The average molecular weight is 231 g/mol. The summed E-state index contributed by atoms with van der Waals surface area (Å²) >= 11 is 1.75. The number of benzene rings is 1. The molecule has 0 saturated carbocycles. The normalized spacial score (nSPS) is 12.7. The molecule has 0 bridgehead atoms. The molecule has 1 atom stereocenters. The van der Waals surface area contributed by atoms with Gasteiger partial charge < -0.3 is 5.32 Å². The number of rotatable bonds is 3. The molecule has 2 rings (SSSR count). The molecule has 1 nitrogen and oxygen atoms in total. The lowest BCUT2D eigenvalue weighted by Crippen LogP contribution is -2.18. The molecule has 0 aliphatic rings. The average Bonchev–Trinajstić information content (AvgIpc) is 2.79. The van der Waals surface area contributed by atoms with Crippen LogP contribution < -0.4 is 5.32 Å². The Bertz CT molecular complexity index is 460. The second kappa shape index (κ2) is 4.81. The van der Waals surface area contributed by atoms with Gasteiger partial charge in [0.1, 0.15) is 0 Å². The van der Waals surface area contributed by atoms with Crippen molar-refractivity contribution in [3.63, 3.8) is 0 Å². The van der Waals surface area contributed by atoms with Gasteiger partial charge in [0.15, 0.2) is 0 Å². The minimum Gasteiger partial charge on any atom is -0.309 e. The Morgan fingerprint density at radius 2 is 2.00 bits per heavy atom. The number of aryl methyl sites for hydroxylation is 1. The van der Waals surface area contributed by atoms with E-state index >= 15 is 0 Å². The molecular weight excluding hydrogens is 214 g/mol. The third kappa shape index (κ3) is 2.04. The summed E-state index contributed by atoms with van der Waals surface area (Å²) in [5.41, 5.74) is 5.46. The van der Waals surface area contributed by atoms with E-state index in [0.29, 0.717) is 6.04 Å². The Balaban J connectivity index is 2.45. The van der Waals surface area contributed by atoms with Crippen molar-refractivity contribution in [1.82, 2.24) is 5.32 Å². The van der Waals surface area contributed by atoms with E-state index in [0.717, 1.165) is 0 Å². The molecule has 0 aliphatic heterocycles. The zero-order valence-corrected chi connectivity index (χ0v) is 10.8. The standard InChI is InChI=1S/C14H17NS/c1-10-5-4-6-13(11(10)2)14(15-3)12-7-8-16-9-12/h4-9,14-15H,1-3H3. The van der Waals surface area contributed by atoms with E-state index in [4.69, 9.17) is 0 Å². The fraction of sp³-hybridized carbons (Fsp3) is 0.286. The maximum Gasteiger partial charge on any atom is 0.0585 e. The smallest absolute Gasteiger partial charge is 0.0585 e. The van der Waals surface area contributed by atoms with Crippen molar-refractivity contribution < 1.29 is 0 Å². The topological polar surface area (TPSA) is 12.0 Å². The second-order valence-corrected chi connectivity index (χ2v) is 4.85. The van der Waals surface area contributed by atoms with Crippen LogP contribution in [0.15, 0.2) is 35.0 Å². The highest BCUT2D eigenvalue weighted by Gasteiger charge is 2.14. The van der Waals surface area contributed by atoms with Crippen LogP contribution in [0.4, 0.5) is 0 Å². The molecule has 1 heterocycles. The largest absolute Gasteiger partial charge is 0.309 e. The molecular formula is C14H17NS. The van der Waals surface area contributed by atoms with Crippen molar-refractivity contribution in [2.24, 2.45) is 0 Å². The van der Waals surface area contributed by atoms with Crippen molar-refractivity contribution in [3.8, 4) is 0 Å². The Hall–Kier alpha value is -1.12. The van der Waals surface area contributed by atoms with Crippen LogP contribution in [0.3, 0.4) is 0 Å². The van der Waals surface area contributed by atoms with Gasteiger partial charge in [-0.2, -0.15) is 11.3 Å². The molecule has 0 radical (unpaired) electrons. The highest BCUT2D eigenvalue weighted by atomic mass is 32.1. The number of hydrogen-bond donors (Lipinski definition) is 1. The molecule has 1 aromatic heterocycles. The fourth-order valence-corrected chi connectivity index (χ4v) is 2.71. The molecule has 16 heavy (non-hydrogen) atoms. The van der Waals surface area contributed by atoms with Crippen LogP contribution in [0.1, 0.15) is 28.3 Å². The zero-order valence-electron chi connectivity index (χ0n) is 9.95. The summed E-state index contributed by atoms with van der Waals surface area (Å²) in [6, 6.07) is 9.01. The Morgan fingerprint density at radius 3 is 2.62 bits per heavy atom. The Morgan fingerprint density at radius 1 is 1.19 bits per heavy atom. The van der Waals surface area contributed by atoms with Crippen LogP contribution in [0, 0.1) is 13.8 Å². The molecule has 2 heteroatoms. The number of thiophene rings is 1. The summed E-state index contributed by atoms with van der Waals surface area (Å²) in [5, 5.41) is 7.74. The molecule has 1 unspecified atom stereocenters. The highest BCUT2D eigenvalue weighted by molar-refractivity contribution is 7.08. The van der Waals surface area contributed by atoms with E-state index in [1.54, 1.807) is 11.3 Å². The predicted octanol–water partition coefficient (Wildman–Crippen LogP) is 3.67. The Kier molecular flexibility index (Phi) is 3.42. The number of nitrogens with one attached hydrogen (secondary N) is 1. The van der Waals surface area contributed by atoms with Crippen LogP contribution in [0.2, 0.25) is 0 Å². The van der Waals surface area contributed by atoms with E-state index < -0.39 is 0 Å². The van der Waals surface area contributed by atoms with Gasteiger partial charge in [0.05, 0.1) is 6.04 Å². The Labute approximate surface area is 101 Å². The summed E-state index contributed by atoms with van der Waals surface area (Å²) in [4.78, 5) is 0. The molecule has 1 aromatic carbocycles. The maximum absolute atomic E-state index is 3.40. The minimum atomic E-state index is 0.311. The molecule has 0 aliphatic carbocycles. The molecule has 0 amide bonds. The van der Waals surface area contributed by atoms with Gasteiger partial charge >= 0.3 is 0 Å². The van der Waals surface area contributed by atoms with Crippen molar-refractivity contribution in [3.05, 3.63) is 57.3 Å². The fourth-order valence-electron chi connectivity index (χ4n) is 2.03. The SMILES string of the molecule is CNC(c1ccsc1)c1cccc(C)c1C. The van der Waals surface area contributed by atoms with E-state index in [9.17, 15) is 0 Å². The maximum atomic E-state index is 3.40. The van der Waals surface area contributed by atoms with Gasteiger partial charge in [-0.3, -0.25) is 0 Å². The van der Waals surface area contributed by atoms with Crippen LogP contribution in [-0.4, -0.2) is 7.05 Å². The first-order valence-electron chi connectivity index (χ1n) is 5.49. The summed E-state index contributed by atoms with van der Waals surface area (Å²) in [5.74, 6) is 0. The van der Waals surface area contributed by atoms with Gasteiger partial charge in [0.2, 0.25) is 0 Å². The lowest BCUT2D eigenvalue weighted by Gasteiger charge is -2.19. The van der Waals surface area contributed by atoms with Crippen molar-refractivity contribution in [1.29, 1.82) is 0 Å². The van der Waals surface area contributed by atoms with Crippen molar-refractivity contribution in [2.75, 3.05) is 7.05 Å². The minimum absolute atomic E-state index is 0.311. The van der Waals surface area contributed by atoms with E-state index in [2.05, 4.69) is 54.2 Å². The third-order valence-corrected chi connectivity index (χ3v) is 3.82. The molecule has 2 aromatic rings. The van der Waals surface area contributed by atoms with Crippen LogP contribution >= 0.6 is 11.3 Å². The lowest BCUT2D eigenvalue weighted by molar-refractivity contribution is 0.689. The predicted molar refractivity (Wildman–Crippen MR) is 71.1 cm³/mol. The molecule has 0 saturated heterocycles. The first-order chi connectivity index (χ1) is 7.74. The highest BCUT2D eigenvalue weighted by Crippen LogP contribution is 2.27. The van der Waals surface area contributed by atoms with Gasteiger partial charge in [-0.15, -0.1) is 0 Å². The first kappa shape index (κ1) is 11.4. The van der Waals surface area contributed by atoms with Crippen molar-refractivity contribution >= 4 is 11.3 Å². The summed E-state index contributed by atoms with van der Waals surface area (Å²) in [6.07, 6.45) is 0. The monoisotopic (exact) mass is 231 g/mol. The van der Waals surface area contributed by atoms with Gasteiger partial charge in [-0.05, 0) is 60.0 Å². The zero-order chi connectivity index (χ0) is 11.5. The quantitative estimate of drug-likeness (QED) is 0.850. The van der Waals surface area contributed by atoms with E-state index in [1.165, 1.54) is 22.3 Å². The first-order valence-corrected chi connectivity index (χ1v) is 6.43. The van der Waals surface area contributed by atoms with Gasteiger partial charge in [-0.25, -0.2) is 0 Å². The molecule has 84 valence electrons. The molecule has 0 fully saturated rings. The molecule has 1 N–H and O–H groups in total. The van der Waals surface area contributed by atoms with E-state index in [1.807, 2.05) is 7.05 Å². The second-order valence-electron chi connectivity index (χ2n) is 4.07. The number of hydrogen-bond acceptors (Lipinski definition) is 2.